The van der Waals surface area contributed by atoms with Crippen molar-refractivity contribution in [3.8, 4) is 11.3 Å². The molecule has 4 rings (SSSR count). The Morgan fingerprint density at radius 2 is 2.12 bits per heavy atom. The van der Waals surface area contributed by atoms with Gasteiger partial charge in [0, 0.05) is 18.2 Å². The first-order valence-electron chi connectivity index (χ1n) is 8.56. The first kappa shape index (κ1) is 18.4. The maximum Gasteiger partial charge on any atom is 0.259 e. The van der Waals surface area contributed by atoms with E-state index in [1.54, 1.807) is 0 Å². The van der Waals surface area contributed by atoms with E-state index >= 15 is 0 Å². The molecule has 3 heterocycles. The maximum absolute atomic E-state index is 12.9. The number of amides is 1. The van der Waals surface area contributed by atoms with Crippen LogP contribution in [0.5, 0.6) is 0 Å². The molecule has 1 aromatic carbocycles. The number of hydrogen-bond acceptors (Lipinski definition) is 5. The zero-order valence-electron chi connectivity index (χ0n) is 14.5. The van der Waals surface area contributed by atoms with Gasteiger partial charge in [-0.05, 0) is 32.4 Å². The third-order valence-corrected chi connectivity index (χ3v) is 4.56. The third kappa shape index (κ3) is 3.57. The summed E-state index contributed by atoms with van der Waals surface area (Å²) in [6, 6.07) is 11.7. The summed E-state index contributed by atoms with van der Waals surface area (Å²) < 4.78 is 5.34. The lowest BCUT2D eigenvalue weighted by molar-refractivity contribution is 0.0932. The van der Waals surface area contributed by atoms with Crippen molar-refractivity contribution in [3.05, 3.63) is 47.7 Å². The maximum atomic E-state index is 12.9. The van der Waals surface area contributed by atoms with Crippen molar-refractivity contribution >= 4 is 29.4 Å². The van der Waals surface area contributed by atoms with Gasteiger partial charge < -0.3 is 15.2 Å². The number of pyridine rings is 1. The number of nitrogens with zero attached hydrogens (tertiary/aromatic N) is 2. The number of benzene rings is 1. The van der Waals surface area contributed by atoms with Crippen LogP contribution in [0.1, 0.15) is 28.9 Å². The summed E-state index contributed by atoms with van der Waals surface area (Å²) in [5.74, 6) is -0.107. The number of hydrogen-bond donors (Lipinski definition) is 2. The first-order valence-corrected chi connectivity index (χ1v) is 8.56. The highest BCUT2D eigenvalue weighted by atomic mass is 35.5. The largest absolute Gasteiger partial charge is 0.348 e. The van der Waals surface area contributed by atoms with Crippen LogP contribution in [-0.4, -0.2) is 35.2 Å². The lowest BCUT2D eigenvalue weighted by Crippen LogP contribution is -2.45. The molecule has 2 N–H and O–H groups in total. The second-order valence-corrected chi connectivity index (χ2v) is 6.39. The smallest absolute Gasteiger partial charge is 0.259 e. The number of carbonyl (C=O) groups excluding carboxylic acids is 1. The van der Waals surface area contributed by atoms with E-state index in [4.69, 9.17) is 4.52 Å². The van der Waals surface area contributed by atoms with Gasteiger partial charge in [0.15, 0.2) is 0 Å². The Hall–Kier alpha value is -2.44. The van der Waals surface area contributed by atoms with Gasteiger partial charge in [0.1, 0.15) is 0 Å². The molecule has 0 aliphatic carbocycles. The van der Waals surface area contributed by atoms with Crippen LogP contribution in [0.3, 0.4) is 0 Å². The fourth-order valence-corrected chi connectivity index (χ4v) is 3.27. The third-order valence-electron chi connectivity index (χ3n) is 4.56. The van der Waals surface area contributed by atoms with E-state index in [1.807, 2.05) is 43.3 Å². The number of aromatic nitrogens is 2. The highest BCUT2D eigenvalue weighted by Crippen LogP contribution is 2.27. The SMILES string of the molecule is Cc1noc2nc(-c3ccccc3)cc(C(=O)N[C@H]3CCCNC3)c12.Cl. The molecule has 0 spiro atoms. The molecule has 6 nitrogen and oxygen atoms in total. The van der Waals surface area contributed by atoms with E-state index in [2.05, 4.69) is 20.8 Å². The van der Waals surface area contributed by atoms with Gasteiger partial charge in [-0.3, -0.25) is 4.79 Å². The summed E-state index contributed by atoms with van der Waals surface area (Å²) in [6.45, 7) is 3.64. The summed E-state index contributed by atoms with van der Waals surface area (Å²) in [5, 5.41) is 11.1. The van der Waals surface area contributed by atoms with E-state index < -0.39 is 0 Å². The van der Waals surface area contributed by atoms with Crippen molar-refractivity contribution in [2.75, 3.05) is 13.1 Å². The van der Waals surface area contributed by atoms with Crippen molar-refractivity contribution in [3.63, 3.8) is 0 Å². The minimum Gasteiger partial charge on any atom is -0.348 e. The van der Waals surface area contributed by atoms with Gasteiger partial charge in [-0.15, -0.1) is 12.4 Å². The average Bonchev–Trinajstić information content (AvgIpc) is 3.03. The lowest BCUT2D eigenvalue weighted by Gasteiger charge is -2.24. The molecule has 1 atom stereocenters. The standard InChI is InChI=1S/C19H20N4O2.ClH/c1-12-17-15(18(24)21-14-8-5-9-20-11-14)10-16(22-19(17)25-23-12)13-6-3-2-4-7-13;/h2-4,6-7,10,14,20H,5,8-9,11H2,1H3,(H,21,24);1H/t14-;/m0./s1. The molecule has 1 saturated heterocycles. The molecule has 136 valence electrons. The molecule has 26 heavy (non-hydrogen) atoms. The van der Waals surface area contributed by atoms with Crippen LogP contribution < -0.4 is 10.6 Å². The summed E-state index contributed by atoms with van der Waals surface area (Å²) in [7, 11) is 0. The number of fused-ring (bicyclic) bond motifs is 1. The number of carbonyl (C=O) groups is 1. The zero-order valence-corrected chi connectivity index (χ0v) is 15.3. The van der Waals surface area contributed by atoms with E-state index in [-0.39, 0.29) is 24.4 Å². The second-order valence-electron chi connectivity index (χ2n) is 6.39. The molecular weight excluding hydrogens is 352 g/mol. The molecule has 0 radical (unpaired) electrons. The zero-order chi connectivity index (χ0) is 17.2. The fraction of sp³-hybridized carbons (Fsp3) is 0.316. The van der Waals surface area contributed by atoms with E-state index in [1.165, 1.54) is 0 Å². The van der Waals surface area contributed by atoms with Crippen LogP contribution in [0.25, 0.3) is 22.4 Å². The van der Waals surface area contributed by atoms with Gasteiger partial charge in [-0.1, -0.05) is 35.5 Å². The van der Waals surface area contributed by atoms with Gasteiger partial charge >= 0.3 is 0 Å². The molecule has 0 bridgehead atoms. The Morgan fingerprint density at radius 1 is 1.31 bits per heavy atom. The lowest BCUT2D eigenvalue weighted by atomic mass is 10.0. The van der Waals surface area contributed by atoms with Gasteiger partial charge in [0.25, 0.3) is 11.6 Å². The van der Waals surface area contributed by atoms with Crippen LogP contribution in [0.4, 0.5) is 0 Å². The summed E-state index contributed by atoms with van der Waals surface area (Å²) >= 11 is 0. The second kappa shape index (κ2) is 7.85. The Kier molecular flexibility index (Phi) is 5.54. The normalized spacial score (nSPS) is 16.9. The Bertz CT molecular complexity index is 905. The van der Waals surface area contributed by atoms with E-state index in [9.17, 15) is 4.79 Å². The molecule has 0 unspecified atom stereocenters. The average molecular weight is 373 g/mol. The number of halogens is 1. The molecule has 0 saturated carbocycles. The first-order chi connectivity index (χ1) is 12.2. The molecule has 7 heteroatoms. The Balaban J connectivity index is 0.00000196. The number of piperidine rings is 1. The minimum absolute atomic E-state index is 0. The number of rotatable bonds is 3. The summed E-state index contributed by atoms with van der Waals surface area (Å²) in [5.41, 5.74) is 3.27. The Morgan fingerprint density at radius 3 is 2.85 bits per heavy atom. The predicted molar refractivity (Wildman–Crippen MR) is 103 cm³/mol. The van der Waals surface area contributed by atoms with Crippen molar-refractivity contribution < 1.29 is 9.32 Å². The summed E-state index contributed by atoms with van der Waals surface area (Å²) in [4.78, 5) is 17.5. The highest BCUT2D eigenvalue weighted by molar-refractivity contribution is 6.07. The number of nitrogens with one attached hydrogen (secondary N) is 2. The van der Waals surface area contributed by atoms with E-state index in [0.29, 0.717) is 28.1 Å². The monoisotopic (exact) mass is 372 g/mol. The molecule has 1 aliphatic heterocycles. The van der Waals surface area contributed by atoms with Crippen molar-refractivity contribution in [1.29, 1.82) is 0 Å². The quantitative estimate of drug-likeness (QED) is 0.738. The van der Waals surface area contributed by atoms with E-state index in [0.717, 1.165) is 31.5 Å². The van der Waals surface area contributed by atoms with Crippen LogP contribution in [0.2, 0.25) is 0 Å². The molecule has 1 aliphatic rings. The van der Waals surface area contributed by atoms with Gasteiger partial charge in [0.2, 0.25) is 0 Å². The van der Waals surface area contributed by atoms with Crippen LogP contribution >= 0.6 is 12.4 Å². The summed E-state index contributed by atoms with van der Waals surface area (Å²) in [6.07, 6.45) is 2.05. The number of aryl methyl sites for hydroxylation is 1. The van der Waals surface area contributed by atoms with Crippen molar-refractivity contribution in [2.45, 2.75) is 25.8 Å². The predicted octanol–water partition coefficient (Wildman–Crippen LogP) is 3.10. The Labute approximate surface area is 157 Å². The van der Waals surface area contributed by atoms with Crippen LogP contribution in [-0.2, 0) is 0 Å². The van der Waals surface area contributed by atoms with Crippen LogP contribution in [0, 0.1) is 6.92 Å². The van der Waals surface area contributed by atoms with Gasteiger partial charge in [0.05, 0.1) is 22.3 Å². The molecule has 1 amide bonds. The van der Waals surface area contributed by atoms with Crippen LogP contribution in [0.15, 0.2) is 40.9 Å². The fourth-order valence-electron chi connectivity index (χ4n) is 3.27. The topological polar surface area (TPSA) is 80.0 Å². The minimum atomic E-state index is -0.107. The molecule has 1 fully saturated rings. The molecule has 2 aromatic heterocycles. The molecule has 3 aromatic rings. The molecular formula is C19H21ClN4O2. The highest BCUT2D eigenvalue weighted by Gasteiger charge is 2.22. The van der Waals surface area contributed by atoms with Crippen molar-refractivity contribution in [2.24, 2.45) is 0 Å². The van der Waals surface area contributed by atoms with Gasteiger partial charge in [-0.25, -0.2) is 4.98 Å². The van der Waals surface area contributed by atoms with Gasteiger partial charge in [-0.2, -0.15) is 0 Å². The van der Waals surface area contributed by atoms with Crippen molar-refractivity contribution in [1.82, 2.24) is 20.8 Å².